The zero-order chi connectivity index (χ0) is 21.6. The minimum Gasteiger partial charge on any atom is -0.357 e. The number of aryl methyl sites for hydroxylation is 1. The Balaban J connectivity index is 1.76. The topological polar surface area (TPSA) is 65.2 Å². The van der Waals surface area contributed by atoms with E-state index in [9.17, 15) is 9.59 Å². The van der Waals surface area contributed by atoms with E-state index in [1.807, 2.05) is 61.5 Å². The van der Waals surface area contributed by atoms with Crippen molar-refractivity contribution in [1.82, 2.24) is 10.3 Å². The van der Waals surface area contributed by atoms with Crippen molar-refractivity contribution in [3.05, 3.63) is 89.7 Å². The van der Waals surface area contributed by atoms with Crippen LogP contribution in [-0.2, 0) is 4.79 Å². The van der Waals surface area contributed by atoms with Crippen LogP contribution in [0.4, 0.5) is 5.69 Å². The molecule has 31 heavy (non-hydrogen) atoms. The summed E-state index contributed by atoms with van der Waals surface area (Å²) in [4.78, 5) is 31.9. The second-order valence-electron chi connectivity index (χ2n) is 8.25. The Morgan fingerprint density at radius 1 is 0.935 bits per heavy atom. The standard InChI is InChI=1S/C26H29N3O2/c1-19-14-16-22(17-15-19)29(26(31)23-13-8-18-27-23)24(20-9-4-2-5-10-20)25(30)28-21-11-6-3-7-12-21/h2,4-5,8-10,13-18,21,24,27H,3,6-7,11-12H2,1H3,(H,28,30). The summed E-state index contributed by atoms with van der Waals surface area (Å²) in [6.45, 7) is 2.01. The third-order valence-electron chi connectivity index (χ3n) is 5.93. The van der Waals surface area contributed by atoms with Gasteiger partial charge in [-0.25, -0.2) is 0 Å². The fraction of sp³-hybridized carbons (Fsp3) is 0.308. The number of aromatic nitrogens is 1. The Kier molecular flexibility index (Phi) is 6.51. The van der Waals surface area contributed by atoms with Gasteiger partial charge in [-0.1, -0.05) is 67.3 Å². The number of hydrogen-bond donors (Lipinski definition) is 2. The van der Waals surface area contributed by atoms with Gasteiger partial charge in [0.15, 0.2) is 0 Å². The molecule has 0 radical (unpaired) electrons. The van der Waals surface area contributed by atoms with Crippen molar-refractivity contribution < 1.29 is 9.59 Å². The summed E-state index contributed by atoms with van der Waals surface area (Å²) < 4.78 is 0. The summed E-state index contributed by atoms with van der Waals surface area (Å²) in [7, 11) is 0. The van der Waals surface area contributed by atoms with Crippen LogP contribution < -0.4 is 10.2 Å². The highest BCUT2D eigenvalue weighted by molar-refractivity contribution is 6.09. The van der Waals surface area contributed by atoms with Crippen LogP contribution in [0.15, 0.2) is 72.9 Å². The molecule has 2 aromatic carbocycles. The molecule has 1 aromatic heterocycles. The zero-order valence-electron chi connectivity index (χ0n) is 17.9. The second-order valence-corrected chi connectivity index (χ2v) is 8.25. The summed E-state index contributed by atoms with van der Waals surface area (Å²) in [5.74, 6) is -0.375. The Morgan fingerprint density at radius 2 is 1.65 bits per heavy atom. The maximum absolute atomic E-state index is 13.7. The van der Waals surface area contributed by atoms with Gasteiger partial charge in [0.05, 0.1) is 0 Å². The number of benzene rings is 2. The number of nitrogens with zero attached hydrogens (tertiary/aromatic N) is 1. The molecule has 1 heterocycles. The second kappa shape index (κ2) is 9.65. The van der Waals surface area contributed by atoms with Gasteiger partial charge in [0.2, 0.25) is 5.91 Å². The largest absolute Gasteiger partial charge is 0.357 e. The predicted molar refractivity (Wildman–Crippen MR) is 123 cm³/mol. The normalized spacial score (nSPS) is 15.3. The first-order valence-electron chi connectivity index (χ1n) is 11.0. The van der Waals surface area contributed by atoms with Crippen molar-refractivity contribution in [1.29, 1.82) is 0 Å². The quantitative estimate of drug-likeness (QED) is 0.584. The molecule has 1 fully saturated rings. The van der Waals surface area contributed by atoms with E-state index >= 15 is 0 Å². The van der Waals surface area contributed by atoms with Gasteiger partial charge < -0.3 is 10.3 Å². The molecule has 1 aliphatic rings. The molecule has 2 amide bonds. The fourth-order valence-electron chi connectivity index (χ4n) is 4.26. The van der Waals surface area contributed by atoms with E-state index in [-0.39, 0.29) is 17.9 Å². The summed E-state index contributed by atoms with van der Waals surface area (Å²) in [6.07, 6.45) is 7.17. The molecule has 5 nitrogen and oxygen atoms in total. The first-order chi connectivity index (χ1) is 15.1. The van der Waals surface area contributed by atoms with E-state index in [1.165, 1.54) is 6.42 Å². The van der Waals surface area contributed by atoms with Crippen LogP contribution in [0.1, 0.15) is 59.8 Å². The number of anilines is 1. The van der Waals surface area contributed by atoms with Crippen molar-refractivity contribution in [3.63, 3.8) is 0 Å². The molecular formula is C26H29N3O2. The first kappa shape index (κ1) is 20.9. The number of hydrogen-bond acceptors (Lipinski definition) is 2. The summed E-state index contributed by atoms with van der Waals surface area (Å²) in [5, 5.41) is 3.24. The van der Waals surface area contributed by atoms with Crippen molar-refractivity contribution in [2.24, 2.45) is 0 Å². The highest BCUT2D eigenvalue weighted by Crippen LogP contribution is 2.30. The van der Waals surface area contributed by atoms with E-state index in [0.29, 0.717) is 11.4 Å². The Hall–Kier alpha value is -3.34. The molecule has 0 spiro atoms. The number of carbonyl (C=O) groups is 2. The van der Waals surface area contributed by atoms with Gasteiger partial charge in [-0.2, -0.15) is 0 Å². The van der Waals surface area contributed by atoms with Gasteiger partial charge in [0.25, 0.3) is 5.91 Å². The zero-order valence-corrected chi connectivity index (χ0v) is 17.9. The molecule has 1 atom stereocenters. The smallest absolute Gasteiger partial charge is 0.275 e. The van der Waals surface area contributed by atoms with Crippen LogP contribution in [0, 0.1) is 6.92 Å². The van der Waals surface area contributed by atoms with Crippen LogP contribution in [0.5, 0.6) is 0 Å². The van der Waals surface area contributed by atoms with Crippen molar-refractivity contribution >= 4 is 17.5 Å². The predicted octanol–water partition coefficient (Wildman–Crippen LogP) is 5.16. The van der Waals surface area contributed by atoms with Crippen LogP contribution in [0.2, 0.25) is 0 Å². The third-order valence-corrected chi connectivity index (χ3v) is 5.93. The summed E-state index contributed by atoms with van der Waals surface area (Å²) in [6, 6.07) is 20.2. The SMILES string of the molecule is Cc1ccc(N(C(=O)c2ccc[nH]2)C(C(=O)NC2CCCCC2)c2ccccc2)cc1. The van der Waals surface area contributed by atoms with Gasteiger partial charge in [0.1, 0.15) is 11.7 Å². The van der Waals surface area contributed by atoms with Gasteiger partial charge in [-0.15, -0.1) is 0 Å². The molecule has 0 bridgehead atoms. The molecule has 1 saturated carbocycles. The molecule has 5 heteroatoms. The minimum atomic E-state index is -0.762. The van der Waals surface area contributed by atoms with Crippen LogP contribution in [0.25, 0.3) is 0 Å². The monoisotopic (exact) mass is 415 g/mol. The van der Waals surface area contributed by atoms with Crippen molar-refractivity contribution in [2.45, 2.75) is 51.1 Å². The highest BCUT2D eigenvalue weighted by Gasteiger charge is 2.34. The number of aromatic amines is 1. The summed E-state index contributed by atoms with van der Waals surface area (Å²) in [5.41, 5.74) is 3.03. The number of amides is 2. The molecule has 0 aliphatic heterocycles. The average molecular weight is 416 g/mol. The molecule has 2 N–H and O–H groups in total. The minimum absolute atomic E-state index is 0.140. The van der Waals surface area contributed by atoms with E-state index < -0.39 is 6.04 Å². The molecule has 4 rings (SSSR count). The number of rotatable bonds is 6. The lowest BCUT2D eigenvalue weighted by molar-refractivity contribution is -0.123. The fourth-order valence-corrected chi connectivity index (χ4v) is 4.26. The van der Waals surface area contributed by atoms with E-state index in [2.05, 4.69) is 10.3 Å². The number of H-pyrrole nitrogens is 1. The van der Waals surface area contributed by atoms with Crippen molar-refractivity contribution in [3.8, 4) is 0 Å². The van der Waals surface area contributed by atoms with E-state index in [4.69, 9.17) is 0 Å². The maximum Gasteiger partial charge on any atom is 0.275 e. The number of nitrogens with one attached hydrogen (secondary N) is 2. The van der Waals surface area contributed by atoms with Gasteiger partial charge in [-0.05, 0) is 49.6 Å². The number of carbonyl (C=O) groups excluding carboxylic acids is 2. The Labute approximate surface area is 183 Å². The van der Waals surface area contributed by atoms with Crippen molar-refractivity contribution in [2.75, 3.05) is 4.90 Å². The van der Waals surface area contributed by atoms with Gasteiger partial charge in [0, 0.05) is 17.9 Å². The maximum atomic E-state index is 13.7. The lowest BCUT2D eigenvalue weighted by Crippen LogP contribution is -2.47. The molecule has 160 valence electrons. The molecule has 1 aliphatic carbocycles. The summed E-state index contributed by atoms with van der Waals surface area (Å²) >= 11 is 0. The molecule has 3 aromatic rings. The lowest BCUT2D eigenvalue weighted by atomic mass is 9.94. The Bertz CT molecular complexity index is 991. The lowest BCUT2D eigenvalue weighted by Gasteiger charge is -2.33. The Morgan fingerprint density at radius 3 is 2.29 bits per heavy atom. The first-order valence-corrected chi connectivity index (χ1v) is 11.0. The molecular weight excluding hydrogens is 386 g/mol. The van der Waals surface area contributed by atoms with Crippen LogP contribution in [0.3, 0.4) is 0 Å². The average Bonchev–Trinajstić information content (AvgIpc) is 3.34. The van der Waals surface area contributed by atoms with Crippen LogP contribution >= 0.6 is 0 Å². The molecule has 0 saturated heterocycles. The highest BCUT2D eigenvalue weighted by atomic mass is 16.2. The van der Waals surface area contributed by atoms with Gasteiger partial charge >= 0.3 is 0 Å². The van der Waals surface area contributed by atoms with Crippen LogP contribution in [-0.4, -0.2) is 22.8 Å². The van der Waals surface area contributed by atoms with E-state index in [0.717, 1.165) is 36.8 Å². The van der Waals surface area contributed by atoms with E-state index in [1.54, 1.807) is 23.2 Å². The molecule has 1 unspecified atom stereocenters. The van der Waals surface area contributed by atoms with Gasteiger partial charge in [-0.3, -0.25) is 14.5 Å². The third kappa shape index (κ3) is 4.88.